The number of rotatable bonds is 5. The van der Waals surface area contributed by atoms with Gasteiger partial charge >= 0.3 is 0 Å². The lowest BCUT2D eigenvalue weighted by Crippen LogP contribution is -2.29. The fourth-order valence-corrected chi connectivity index (χ4v) is 4.39. The van der Waals surface area contributed by atoms with Gasteiger partial charge in [0.1, 0.15) is 5.75 Å². The molecule has 1 aromatic rings. The summed E-state index contributed by atoms with van der Waals surface area (Å²) in [7, 11) is 0. The van der Waals surface area contributed by atoms with Gasteiger partial charge in [0.2, 0.25) is 0 Å². The van der Waals surface area contributed by atoms with Gasteiger partial charge in [-0.3, -0.25) is 0 Å². The Bertz CT molecular complexity index is 443. The van der Waals surface area contributed by atoms with E-state index in [1.165, 1.54) is 50.5 Å². The second-order valence-electron chi connectivity index (χ2n) is 5.73. The minimum atomic E-state index is 0.650. The van der Waals surface area contributed by atoms with E-state index in [4.69, 9.17) is 4.74 Å². The smallest absolute Gasteiger partial charge is 0.138 e. The van der Waals surface area contributed by atoms with Crippen LogP contribution in [0.4, 0.5) is 0 Å². The molecule has 118 valence electrons. The van der Waals surface area contributed by atoms with Crippen LogP contribution in [-0.2, 0) is 6.54 Å². The number of hydrogen-bond acceptors (Lipinski definition) is 2. The Morgan fingerprint density at radius 3 is 2.43 bits per heavy atom. The standard InChI is InChI=1S/C17H25Br2NO/c1-2-21-17-13(10-14(18)11-16(17)19)12-20-15-8-6-4-3-5-7-9-15/h10-11,15,20H,2-9,12H2,1H3. The van der Waals surface area contributed by atoms with Crippen LogP contribution in [0.1, 0.15) is 57.4 Å². The normalized spacial score (nSPS) is 17.3. The predicted octanol–water partition coefficient (Wildman–Crippen LogP) is 5.81. The molecule has 0 atom stereocenters. The third-order valence-corrected chi connectivity index (χ3v) is 5.11. The van der Waals surface area contributed by atoms with Crippen molar-refractivity contribution >= 4 is 31.9 Å². The molecule has 2 nitrogen and oxygen atoms in total. The zero-order valence-corrected chi connectivity index (χ0v) is 15.9. The average molecular weight is 419 g/mol. The van der Waals surface area contributed by atoms with Crippen molar-refractivity contribution in [2.45, 2.75) is 64.5 Å². The van der Waals surface area contributed by atoms with E-state index in [1.54, 1.807) is 0 Å². The first-order chi connectivity index (χ1) is 10.2. The highest BCUT2D eigenvalue weighted by atomic mass is 79.9. The van der Waals surface area contributed by atoms with Gasteiger partial charge in [0.25, 0.3) is 0 Å². The summed E-state index contributed by atoms with van der Waals surface area (Å²) in [4.78, 5) is 0. The zero-order valence-electron chi connectivity index (χ0n) is 12.8. The van der Waals surface area contributed by atoms with Gasteiger partial charge in [0.05, 0.1) is 11.1 Å². The van der Waals surface area contributed by atoms with Gasteiger partial charge in [-0.2, -0.15) is 0 Å². The van der Waals surface area contributed by atoms with E-state index in [9.17, 15) is 0 Å². The first-order valence-corrected chi connectivity index (χ1v) is 9.63. The largest absolute Gasteiger partial charge is 0.492 e. The summed E-state index contributed by atoms with van der Waals surface area (Å²) in [6, 6.07) is 4.85. The molecule has 1 saturated carbocycles. The molecular weight excluding hydrogens is 394 g/mol. The van der Waals surface area contributed by atoms with Gasteiger partial charge < -0.3 is 10.1 Å². The van der Waals surface area contributed by atoms with Crippen LogP contribution in [0.3, 0.4) is 0 Å². The van der Waals surface area contributed by atoms with Gasteiger partial charge in [-0.25, -0.2) is 0 Å². The van der Waals surface area contributed by atoms with Crippen LogP contribution in [0.5, 0.6) is 5.75 Å². The molecule has 1 N–H and O–H groups in total. The van der Waals surface area contributed by atoms with Gasteiger partial charge in [-0.1, -0.05) is 48.0 Å². The van der Waals surface area contributed by atoms with Crippen molar-refractivity contribution < 1.29 is 4.74 Å². The SMILES string of the molecule is CCOc1c(Br)cc(Br)cc1CNC1CCCCCCC1. The first-order valence-electron chi connectivity index (χ1n) is 8.04. The lowest BCUT2D eigenvalue weighted by Gasteiger charge is -2.22. The molecule has 0 bridgehead atoms. The maximum absolute atomic E-state index is 5.80. The fourth-order valence-electron chi connectivity index (χ4n) is 2.97. The van der Waals surface area contributed by atoms with E-state index < -0.39 is 0 Å². The Balaban J connectivity index is 2.00. The number of nitrogens with one attached hydrogen (secondary N) is 1. The van der Waals surface area contributed by atoms with E-state index in [1.807, 2.05) is 13.0 Å². The third-order valence-electron chi connectivity index (χ3n) is 4.06. The van der Waals surface area contributed by atoms with Crippen LogP contribution in [0.25, 0.3) is 0 Å². The molecule has 4 heteroatoms. The van der Waals surface area contributed by atoms with Crippen molar-refractivity contribution in [3.05, 3.63) is 26.6 Å². The quantitative estimate of drug-likeness (QED) is 0.650. The van der Waals surface area contributed by atoms with Crippen LogP contribution in [0, 0.1) is 0 Å². The molecule has 1 aliphatic rings. The Hall–Kier alpha value is -0.0600. The molecule has 1 fully saturated rings. The van der Waals surface area contributed by atoms with Crippen LogP contribution < -0.4 is 10.1 Å². The molecule has 2 rings (SSSR count). The Kier molecular flexibility index (Phi) is 7.55. The van der Waals surface area contributed by atoms with Crippen LogP contribution in [0.15, 0.2) is 21.1 Å². The summed E-state index contributed by atoms with van der Waals surface area (Å²) in [5.41, 5.74) is 1.22. The Morgan fingerprint density at radius 1 is 1.10 bits per heavy atom. The van der Waals surface area contributed by atoms with Crippen molar-refractivity contribution in [2.75, 3.05) is 6.61 Å². The molecule has 0 radical (unpaired) electrons. The molecule has 1 aromatic carbocycles. The number of ether oxygens (including phenoxy) is 1. The topological polar surface area (TPSA) is 21.3 Å². The van der Waals surface area contributed by atoms with E-state index >= 15 is 0 Å². The average Bonchev–Trinajstić information content (AvgIpc) is 2.41. The minimum absolute atomic E-state index is 0.650. The monoisotopic (exact) mass is 417 g/mol. The molecule has 0 aliphatic heterocycles. The lowest BCUT2D eigenvalue weighted by molar-refractivity contribution is 0.330. The summed E-state index contributed by atoms with van der Waals surface area (Å²) in [6.45, 7) is 3.59. The highest BCUT2D eigenvalue weighted by molar-refractivity contribution is 9.11. The van der Waals surface area contributed by atoms with Crippen LogP contribution in [0.2, 0.25) is 0 Å². The molecule has 0 heterocycles. The van der Waals surface area contributed by atoms with Gasteiger partial charge in [0, 0.05) is 22.6 Å². The van der Waals surface area contributed by atoms with Crippen molar-refractivity contribution in [2.24, 2.45) is 0 Å². The molecule has 1 aliphatic carbocycles. The molecule has 0 saturated heterocycles. The van der Waals surface area contributed by atoms with Crippen molar-refractivity contribution in [1.82, 2.24) is 5.32 Å². The van der Waals surface area contributed by atoms with Gasteiger partial charge in [-0.05, 0) is 47.8 Å². The Morgan fingerprint density at radius 2 is 1.76 bits per heavy atom. The number of halogens is 2. The van der Waals surface area contributed by atoms with E-state index in [-0.39, 0.29) is 0 Å². The molecule has 0 spiro atoms. The summed E-state index contributed by atoms with van der Waals surface area (Å²) in [6.07, 6.45) is 9.53. The summed E-state index contributed by atoms with van der Waals surface area (Å²) >= 11 is 7.18. The number of benzene rings is 1. The van der Waals surface area contributed by atoms with Crippen LogP contribution in [-0.4, -0.2) is 12.6 Å². The highest BCUT2D eigenvalue weighted by Crippen LogP contribution is 2.33. The molecule has 0 amide bonds. The maximum atomic E-state index is 5.80. The minimum Gasteiger partial charge on any atom is -0.492 e. The van der Waals surface area contributed by atoms with E-state index in [2.05, 4.69) is 43.2 Å². The van der Waals surface area contributed by atoms with E-state index in [0.29, 0.717) is 12.6 Å². The summed E-state index contributed by atoms with van der Waals surface area (Å²) in [5.74, 6) is 0.971. The summed E-state index contributed by atoms with van der Waals surface area (Å²) < 4.78 is 7.91. The summed E-state index contributed by atoms with van der Waals surface area (Å²) in [5, 5.41) is 3.74. The molecule has 0 aromatic heterocycles. The van der Waals surface area contributed by atoms with E-state index in [0.717, 1.165) is 21.2 Å². The third kappa shape index (κ3) is 5.57. The molecule has 21 heavy (non-hydrogen) atoms. The second-order valence-corrected chi connectivity index (χ2v) is 7.50. The van der Waals surface area contributed by atoms with Crippen molar-refractivity contribution in [3.8, 4) is 5.75 Å². The zero-order chi connectivity index (χ0) is 15.1. The first kappa shape index (κ1) is 17.3. The molecular formula is C17H25Br2NO. The fraction of sp³-hybridized carbons (Fsp3) is 0.647. The van der Waals surface area contributed by atoms with Gasteiger partial charge in [-0.15, -0.1) is 0 Å². The second kappa shape index (κ2) is 9.16. The maximum Gasteiger partial charge on any atom is 0.138 e. The van der Waals surface area contributed by atoms with Crippen molar-refractivity contribution in [3.63, 3.8) is 0 Å². The van der Waals surface area contributed by atoms with Gasteiger partial charge in [0.15, 0.2) is 0 Å². The van der Waals surface area contributed by atoms with Crippen LogP contribution >= 0.6 is 31.9 Å². The molecule has 0 unspecified atom stereocenters. The highest BCUT2D eigenvalue weighted by Gasteiger charge is 2.14. The van der Waals surface area contributed by atoms with Crippen molar-refractivity contribution in [1.29, 1.82) is 0 Å². The lowest BCUT2D eigenvalue weighted by atomic mass is 9.96. The Labute approximate surface area is 145 Å². The predicted molar refractivity (Wildman–Crippen MR) is 96.0 cm³/mol. The number of hydrogen-bond donors (Lipinski definition) is 1.